The van der Waals surface area contributed by atoms with Crippen LogP contribution in [-0.2, 0) is 18.8 Å². The van der Waals surface area contributed by atoms with Gasteiger partial charge in [-0.2, -0.15) is 26.3 Å². The van der Waals surface area contributed by atoms with Crippen LogP contribution in [0.25, 0.3) is 0 Å². The summed E-state index contributed by atoms with van der Waals surface area (Å²) >= 11 is 3.77. The van der Waals surface area contributed by atoms with Gasteiger partial charge in [0.1, 0.15) is 0 Å². The summed E-state index contributed by atoms with van der Waals surface area (Å²) in [6.45, 7) is 0.0382. The summed E-state index contributed by atoms with van der Waals surface area (Å²) in [4.78, 5) is 12.2. The van der Waals surface area contributed by atoms with Crippen molar-refractivity contribution in [2.75, 3.05) is 25.1 Å². The normalized spacial score (nSPS) is 11.8. The summed E-state index contributed by atoms with van der Waals surface area (Å²) in [6, 6.07) is 4.85. The Hall–Kier alpha value is -2.76. The van der Waals surface area contributed by atoms with Crippen LogP contribution < -0.4 is 19.1 Å². The summed E-state index contributed by atoms with van der Waals surface area (Å²) in [6.07, 6.45) is -9.76. The number of benzene rings is 2. The minimum atomic E-state index is -5.03. The fraction of sp³-hybridized carbons (Fsp3) is 0.316. The number of hydrogen-bond donors (Lipinski definition) is 2. The number of hydrogen-bond acceptors (Lipinski definition) is 4. The molecule has 0 aliphatic rings. The fourth-order valence-electron chi connectivity index (χ4n) is 2.60. The molecule has 0 aliphatic heterocycles. The molecule has 2 rings (SSSR count). The third-order valence-electron chi connectivity index (χ3n) is 4.15. The Labute approximate surface area is 179 Å². The molecule has 2 aromatic rings. The van der Waals surface area contributed by atoms with Gasteiger partial charge in [-0.05, 0) is 42.3 Å². The minimum Gasteiger partial charge on any atom is -0.493 e. The number of methoxy groups -OCH3 is 2. The Morgan fingerprint density at radius 3 is 1.97 bits per heavy atom. The van der Waals surface area contributed by atoms with Crippen LogP contribution in [0.2, 0.25) is 0 Å². The number of nitrogens with zero attached hydrogens (tertiary/aromatic N) is 1. The largest absolute Gasteiger partial charge is 0.493 e. The Bertz CT molecular complexity index is 902. The number of urea groups is 1. The lowest BCUT2D eigenvalue weighted by atomic mass is 10.1. The van der Waals surface area contributed by atoms with Crippen molar-refractivity contribution in [1.82, 2.24) is 5.32 Å². The highest BCUT2D eigenvalue weighted by molar-refractivity contribution is 7.82. The van der Waals surface area contributed by atoms with Crippen LogP contribution in [0.4, 0.5) is 36.8 Å². The molecule has 0 aromatic heterocycles. The third kappa shape index (κ3) is 6.36. The zero-order chi connectivity index (χ0) is 23.4. The van der Waals surface area contributed by atoms with Crippen molar-refractivity contribution in [3.63, 3.8) is 0 Å². The van der Waals surface area contributed by atoms with Crippen LogP contribution in [0.3, 0.4) is 0 Å². The molecule has 0 radical (unpaired) electrons. The van der Waals surface area contributed by atoms with Gasteiger partial charge in [-0.25, -0.2) is 9.10 Å². The molecule has 0 fully saturated rings. The predicted molar refractivity (Wildman–Crippen MR) is 105 cm³/mol. The second-order valence-corrected chi connectivity index (χ2v) is 6.65. The number of carbonyl (C=O) groups excluding carboxylic acids is 1. The molecule has 0 spiro atoms. The lowest BCUT2D eigenvalue weighted by Crippen LogP contribution is -2.35. The number of thiol groups is 1. The highest BCUT2D eigenvalue weighted by Gasteiger charge is 2.37. The Morgan fingerprint density at radius 2 is 1.48 bits per heavy atom. The molecule has 0 atom stereocenters. The monoisotopic (exact) mass is 468 g/mol. The lowest BCUT2D eigenvalue weighted by molar-refractivity contribution is -0.143. The Morgan fingerprint density at radius 1 is 0.935 bits per heavy atom. The van der Waals surface area contributed by atoms with Crippen LogP contribution in [-0.4, -0.2) is 26.8 Å². The number of rotatable bonds is 6. The van der Waals surface area contributed by atoms with E-state index in [0.717, 1.165) is 5.56 Å². The fourth-order valence-corrected chi connectivity index (χ4v) is 2.79. The molecule has 31 heavy (non-hydrogen) atoms. The number of ether oxygens (including phenoxy) is 2. The first-order valence-electron chi connectivity index (χ1n) is 8.64. The van der Waals surface area contributed by atoms with Crippen LogP contribution in [0, 0.1) is 0 Å². The van der Waals surface area contributed by atoms with Gasteiger partial charge in [-0.15, -0.1) is 0 Å². The second-order valence-electron chi connectivity index (χ2n) is 6.25. The second kappa shape index (κ2) is 9.58. The molecule has 170 valence electrons. The van der Waals surface area contributed by atoms with E-state index >= 15 is 0 Å². The predicted octanol–water partition coefficient (Wildman–Crippen LogP) is 5.34. The van der Waals surface area contributed by atoms with Gasteiger partial charge in [0.25, 0.3) is 0 Å². The van der Waals surface area contributed by atoms with E-state index in [1.807, 2.05) is 0 Å². The van der Waals surface area contributed by atoms with E-state index in [1.54, 1.807) is 18.2 Å². The van der Waals surface area contributed by atoms with Gasteiger partial charge in [0, 0.05) is 6.54 Å². The Kier molecular flexibility index (Phi) is 7.58. The van der Waals surface area contributed by atoms with Gasteiger partial charge in [0.2, 0.25) is 0 Å². The number of halogens is 6. The molecule has 12 heteroatoms. The first-order chi connectivity index (χ1) is 14.4. The summed E-state index contributed by atoms with van der Waals surface area (Å²) in [5.74, 6) is 0.965. The highest BCUT2D eigenvalue weighted by Crippen LogP contribution is 2.38. The SMILES string of the molecule is COc1ccc(CCNC(=O)N(S)c2cc(C(F)(F)F)cc(C(F)(F)F)c2)cc1OC. The number of amides is 2. The molecular formula is C19H18F6N2O3S. The van der Waals surface area contributed by atoms with Crippen molar-refractivity contribution in [2.45, 2.75) is 18.8 Å². The van der Waals surface area contributed by atoms with Crippen molar-refractivity contribution in [3.8, 4) is 11.5 Å². The maximum atomic E-state index is 13.0. The molecule has 0 aliphatic carbocycles. The molecule has 0 saturated carbocycles. The molecule has 2 aromatic carbocycles. The average Bonchev–Trinajstić information content (AvgIpc) is 2.71. The zero-order valence-corrected chi connectivity index (χ0v) is 17.2. The smallest absolute Gasteiger partial charge is 0.416 e. The van der Waals surface area contributed by atoms with Gasteiger partial charge in [-0.3, -0.25) is 0 Å². The van der Waals surface area contributed by atoms with Crippen LogP contribution >= 0.6 is 12.8 Å². The molecule has 2 amide bonds. The van der Waals surface area contributed by atoms with Crippen molar-refractivity contribution in [2.24, 2.45) is 0 Å². The van der Waals surface area contributed by atoms with E-state index in [0.29, 0.717) is 34.4 Å². The maximum Gasteiger partial charge on any atom is 0.416 e. The first-order valence-corrected chi connectivity index (χ1v) is 9.04. The molecule has 0 saturated heterocycles. The van der Waals surface area contributed by atoms with Crippen LogP contribution in [0.15, 0.2) is 36.4 Å². The van der Waals surface area contributed by atoms with Crippen molar-refractivity contribution >= 4 is 24.5 Å². The van der Waals surface area contributed by atoms with E-state index in [1.165, 1.54) is 14.2 Å². The van der Waals surface area contributed by atoms with Gasteiger partial charge >= 0.3 is 18.4 Å². The molecular weight excluding hydrogens is 450 g/mol. The van der Waals surface area contributed by atoms with E-state index in [-0.39, 0.29) is 12.6 Å². The highest BCUT2D eigenvalue weighted by atomic mass is 32.1. The number of carbonyl (C=O) groups is 1. The molecule has 1 N–H and O–H groups in total. The number of nitrogens with one attached hydrogen (secondary N) is 1. The average molecular weight is 468 g/mol. The van der Waals surface area contributed by atoms with E-state index in [2.05, 4.69) is 18.1 Å². The van der Waals surface area contributed by atoms with Crippen molar-refractivity contribution < 1.29 is 40.6 Å². The molecule has 5 nitrogen and oxygen atoms in total. The number of alkyl halides is 6. The standard InChI is InChI=1S/C19H18F6N2O3S/c1-29-15-4-3-11(7-16(15)30-2)5-6-26-17(28)27(31)14-9-12(18(20,21)22)8-13(10-14)19(23,24)25/h3-4,7-10,31H,5-6H2,1-2H3,(H,26,28). The van der Waals surface area contributed by atoms with Gasteiger partial charge in [0.15, 0.2) is 11.5 Å². The summed E-state index contributed by atoms with van der Waals surface area (Å²) in [5, 5.41) is 2.39. The van der Waals surface area contributed by atoms with Crippen LogP contribution in [0.1, 0.15) is 16.7 Å². The third-order valence-corrected chi connectivity index (χ3v) is 4.56. The molecule has 0 heterocycles. The van der Waals surface area contributed by atoms with Crippen LogP contribution in [0.5, 0.6) is 11.5 Å². The zero-order valence-electron chi connectivity index (χ0n) is 16.3. The maximum absolute atomic E-state index is 13.0. The lowest BCUT2D eigenvalue weighted by Gasteiger charge is -2.20. The van der Waals surface area contributed by atoms with Gasteiger partial charge in [-0.1, -0.05) is 18.9 Å². The topological polar surface area (TPSA) is 50.8 Å². The van der Waals surface area contributed by atoms with Gasteiger partial charge < -0.3 is 14.8 Å². The van der Waals surface area contributed by atoms with E-state index in [9.17, 15) is 31.1 Å². The Balaban J connectivity index is 2.12. The van der Waals surface area contributed by atoms with Crippen molar-refractivity contribution in [1.29, 1.82) is 0 Å². The quantitative estimate of drug-likeness (QED) is 0.444. The summed E-state index contributed by atoms with van der Waals surface area (Å²) in [7, 11) is 2.92. The van der Waals surface area contributed by atoms with E-state index in [4.69, 9.17) is 9.47 Å². The number of anilines is 1. The van der Waals surface area contributed by atoms with Gasteiger partial charge in [0.05, 0.1) is 31.0 Å². The molecule has 0 unspecified atom stereocenters. The van der Waals surface area contributed by atoms with Crippen molar-refractivity contribution in [3.05, 3.63) is 53.1 Å². The minimum absolute atomic E-state index is 0.0277. The molecule has 0 bridgehead atoms. The first kappa shape index (κ1) is 24.5. The summed E-state index contributed by atoms with van der Waals surface area (Å²) < 4.78 is 88.5. The summed E-state index contributed by atoms with van der Waals surface area (Å²) in [5.41, 5.74) is -3.01. The van der Waals surface area contributed by atoms with E-state index < -0.39 is 35.2 Å².